The minimum absolute atomic E-state index is 0.635. The van der Waals surface area contributed by atoms with Gasteiger partial charge in [0.1, 0.15) is 11.6 Å². The molecule has 0 atom stereocenters. The van der Waals surface area contributed by atoms with E-state index in [1.807, 2.05) is 0 Å². The number of nitrogens with one attached hydrogen (secondary N) is 2. The summed E-state index contributed by atoms with van der Waals surface area (Å²) in [5, 5.41) is 0. The standard InChI is InChI=1S/C5H8N2O/c8-4-5-2-1-3-6-7-5/h6-7H,1-3H2. The van der Waals surface area contributed by atoms with Gasteiger partial charge in [-0.25, -0.2) is 10.2 Å². The molecule has 1 fully saturated rings. The first-order valence-electron chi connectivity index (χ1n) is 2.66. The zero-order valence-corrected chi connectivity index (χ0v) is 4.53. The van der Waals surface area contributed by atoms with Gasteiger partial charge in [0.05, 0.1) is 0 Å². The predicted octanol–water partition coefficient (Wildman–Crippen LogP) is -0.410. The lowest BCUT2D eigenvalue weighted by Crippen LogP contribution is -2.36. The van der Waals surface area contributed by atoms with E-state index in [9.17, 15) is 4.79 Å². The number of hydrogen-bond acceptors (Lipinski definition) is 3. The average molecular weight is 112 g/mol. The molecule has 0 aromatic heterocycles. The van der Waals surface area contributed by atoms with Crippen molar-refractivity contribution in [3.8, 4) is 0 Å². The summed E-state index contributed by atoms with van der Waals surface area (Å²) in [7, 11) is 0. The molecule has 2 N–H and O–H groups in total. The molecule has 0 aromatic carbocycles. The van der Waals surface area contributed by atoms with Crippen molar-refractivity contribution in [1.29, 1.82) is 0 Å². The lowest BCUT2D eigenvalue weighted by molar-refractivity contribution is 0.497. The summed E-state index contributed by atoms with van der Waals surface area (Å²) in [6.07, 6.45) is 1.86. The van der Waals surface area contributed by atoms with Crippen molar-refractivity contribution >= 4 is 5.94 Å². The molecule has 0 spiro atoms. The number of allylic oxidation sites excluding steroid dienone is 1. The molecule has 44 valence electrons. The minimum atomic E-state index is 0.635. The Kier molecular flexibility index (Phi) is 1.67. The summed E-state index contributed by atoms with van der Waals surface area (Å²) < 4.78 is 0. The molecule has 1 aliphatic rings. The van der Waals surface area contributed by atoms with Crippen LogP contribution >= 0.6 is 0 Å². The van der Waals surface area contributed by atoms with Crippen molar-refractivity contribution in [3.05, 3.63) is 5.70 Å². The third-order valence-electron chi connectivity index (χ3n) is 1.09. The molecular formula is C5H8N2O. The molecular weight excluding hydrogens is 104 g/mol. The van der Waals surface area contributed by atoms with Crippen LogP contribution in [0.25, 0.3) is 0 Å². The van der Waals surface area contributed by atoms with Crippen molar-refractivity contribution < 1.29 is 4.79 Å². The summed E-state index contributed by atoms with van der Waals surface area (Å²) in [4.78, 5) is 9.90. The third kappa shape index (κ3) is 1.09. The van der Waals surface area contributed by atoms with Crippen LogP contribution in [0.3, 0.4) is 0 Å². The van der Waals surface area contributed by atoms with Gasteiger partial charge in [-0.3, -0.25) is 0 Å². The second kappa shape index (κ2) is 2.50. The molecule has 1 aliphatic heterocycles. The van der Waals surface area contributed by atoms with Crippen LogP contribution in [0.4, 0.5) is 0 Å². The maximum absolute atomic E-state index is 9.90. The molecule has 1 heterocycles. The second-order valence-corrected chi connectivity index (χ2v) is 1.74. The summed E-state index contributed by atoms with van der Waals surface area (Å²) in [6.45, 7) is 0.936. The maximum atomic E-state index is 9.90. The molecule has 0 aliphatic carbocycles. The first-order valence-corrected chi connectivity index (χ1v) is 2.66. The fraction of sp³-hybridized carbons (Fsp3) is 0.600. The molecule has 1 rings (SSSR count). The number of hydrogen-bond donors (Lipinski definition) is 2. The van der Waals surface area contributed by atoms with Crippen molar-refractivity contribution in [2.75, 3.05) is 6.54 Å². The normalized spacial score (nSPS) is 19.2. The summed E-state index contributed by atoms with van der Waals surface area (Å²) in [6, 6.07) is 0. The van der Waals surface area contributed by atoms with Crippen molar-refractivity contribution in [3.63, 3.8) is 0 Å². The monoisotopic (exact) mass is 112 g/mol. The van der Waals surface area contributed by atoms with E-state index < -0.39 is 0 Å². The number of rotatable bonds is 0. The maximum Gasteiger partial charge on any atom is 0.146 e. The van der Waals surface area contributed by atoms with E-state index in [1.54, 1.807) is 5.94 Å². The van der Waals surface area contributed by atoms with Crippen LogP contribution in [0.1, 0.15) is 12.8 Å². The predicted molar refractivity (Wildman–Crippen MR) is 29.6 cm³/mol. The van der Waals surface area contributed by atoms with Gasteiger partial charge in [0, 0.05) is 13.0 Å². The van der Waals surface area contributed by atoms with Crippen LogP contribution in [0.5, 0.6) is 0 Å². The second-order valence-electron chi connectivity index (χ2n) is 1.74. The van der Waals surface area contributed by atoms with Gasteiger partial charge in [-0.1, -0.05) is 0 Å². The molecule has 0 bridgehead atoms. The number of carbonyl (C=O) groups excluding carboxylic acids is 1. The highest BCUT2D eigenvalue weighted by atomic mass is 16.1. The Balaban J connectivity index is 2.45. The van der Waals surface area contributed by atoms with Gasteiger partial charge < -0.3 is 5.43 Å². The Morgan fingerprint density at radius 2 is 2.50 bits per heavy atom. The highest BCUT2D eigenvalue weighted by Crippen LogP contribution is 1.98. The lowest BCUT2D eigenvalue weighted by atomic mass is 10.2. The van der Waals surface area contributed by atoms with Gasteiger partial charge in [0.25, 0.3) is 0 Å². The smallest absolute Gasteiger partial charge is 0.146 e. The van der Waals surface area contributed by atoms with Crippen molar-refractivity contribution in [1.82, 2.24) is 10.9 Å². The largest absolute Gasteiger partial charge is 0.315 e. The zero-order valence-electron chi connectivity index (χ0n) is 4.53. The van der Waals surface area contributed by atoms with Crippen LogP contribution in [0.2, 0.25) is 0 Å². The minimum Gasteiger partial charge on any atom is -0.315 e. The Labute approximate surface area is 47.7 Å². The Bertz CT molecular complexity index is 118. The molecule has 8 heavy (non-hydrogen) atoms. The zero-order chi connectivity index (χ0) is 5.82. The Morgan fingerprint density at radius 1 is 1.62 bits per heavy atom. The molecule has 0 unspecified atom stereocenters. The molecule has 1 saturated heterocycles. The Hall–Kier alpha value is -0.790. The van der Waals surface area contributed by atoms with Gasteiger partial charge in [-0.2, -0.15) is 0 Å². The van der Waals surface area contributed by atoms with Gasteiger partial charge >= 0.3 is 0 Å². The molecule has 0 aromatic rings. The molecule has 3 heteroatoms. The fourth-order valence-corrected chi connectivity index (χ4v) is 0.662. The van der Waals surface area contributed by atoms with Crippen LogP contribution in [0.15, 0.2) is 5.70 Å². The molecule has 0 radical (unpaired) electrons. The van der Waals surface area contributed by atoms with Crippen molar-refractivity contribution in [2.24, 2.45) is 0 Å². The van der Waals surface area contributed by atoms with Crippen molar-refractivity contribution in [2.45, 2.75) is 12.8 Å². The van der Waals surface area contributed by atoms with E-state index in [-0.39, 0.29) is 0 Å². The van der Waals surface area contributed by atoms with E-state index in [0.29, 0.717) is 5.70 Å². The van der Waals surface area contributed by atoms with Crippen LogP contribution in [-0.2, 0) is 4.79 Å². The van der Waals surface area contributed by atoms with Crippen LogP contribution in [-0.4, -0.2) is 12.5 Å². The van der Waals surface area contributed by atoms with Gasteiger partial charge in [0.15, 0.2) is 0 Å². The molecule has 3 nitrogen and oxygen atoms in total. The van der Waals surface area contributed by atoms with E-state index in [0.717, 1.165) is 19.4 Å². The summed E-state index contributed by atoms with van der Waals surface area (Å²) in [5.41, 5.74) is 6.18. The van der Waals surface area contributed by atoms with E-state index in [2.05, 4.69) is 10.9 Å². The topological polar surface area (TPSA) is 41.1 Å². The fourth-order valence-electron chi connectivity index (χ4n) is 0.662. The average Bonchev–Trinajstić information content (AvgIpc) is 1.90. The molecule has 0 amide bonds. The van der Waals surface area contributed by atoms with Crippen LogP contribution in [0, 0.1) is 0 Å². The van der Waals surface area contributed by atoms with Gasteiger partial charge in [-0.05, 0) is 6.42 Å². The molecule has 0 saturated carbocycles. The SMILES string of the molecule is O=C=C1CCCNN1. The summed E-state index contributed by atoms with van der Waals surface area (Å²) >= 11 is 0. The highest BCUT2D eigenvalue weighted by Gasteiger charge is 2.01. The lowest BCUT2D eigenvalue weighted by Gasteiger charge is -2.13. The quantitative estimate of drug-likeness (QED) is 0.418. The van der Waals surface area contributed by atoms with E-state index >= 15 is 0 Å². The third-order valence-corrected chi connectivity index (χ3v) is 1.09. The highest BCUT2D eigenvalue weighted by molar-refractivity contribution is 5.51. The van der Waals surface area contributed by atoms with Gasteiger partial charge in [0.2, 0.25) is 0 Å². The van der Waals surface area contributed by atoms with Gasteiger partial charge in [-0.15, -0.1) is 0 Å². The van der Waals surface area contributed by atoms with E-state index in [4.69, 9.17) is 0 Å². The first kappa shape index (κ1) is 5.35. The Morgan fingerprint density at radius 3 is 2.88 bits per heavy atom. The number of hydrazine groups is 1. The first-order chi connectivity index (χ1) is 3.93. The van der Waals surface area contributed by atoms with E-state index in [1.165, 1.54) is 0 Å². The summed E-state index contributed by atoms with van der Waals surface area (Å²) in [5.74, 6) is 1.80. The van der Waals surface area contributed by atoms with Crippen LogP contribution < -0.4 is 10.9 Å².